The smallest absolute Gasteiger partial charge is 0.352 e. The Hall–Kier alpha value is -1.72. The second-order valence-corrected chi connectivity index (χ2v) is 2.47. The van der Waals surface area contributed by atoms with Crippen LogP contribution in [0.3, 0.4) is 0 Å². The van der Waals surface area contributed by atoms with Crippen LogP contribution in [0.25, 0.3) is 0 Å². The number of nitrogens with zero attached hydrogens (tertiary/aromatic N) is 2. The van der Waals surface area contributed by atoms with Gasteiger partial charge in [-0.3, -0.25) is 4.57 Å². The van der Waals surface area contributed by atoms with E-state index in [-0.39, 0.29) is 5.69 Å². The van der Waals surface area contributed by atoms with Crippen molar-refractivity contribution < 1.29 is 5.11 Å². The molecule has 13 heavy (non-hydrogen) atoms. The average molecular weight is 184 g/mol. The Morgan fingerprint density at radius 1 is 1.69 bits per heavy atom. The van der Waals surface area contributed by atoms with Crippen LogP contribution in [0.2, 0.25) is 0 Å². The van der Waals surface area contributed by atoms with Gasteiger partial charge in [-0.15, -0.1) is 0 Å². The topological polar surface area (TPSA) is 93.2 Å². The average Bonchev–Trinajstić information content (AvgIpc) is 2.10. The molecule has 0 aliphatic carbocycles. The zero-order chi connectivity index (χ0) is 10.0. The van der Waals surface area contributed by atoms with E-state index in [0.717, 1.165) is 0 Å². The first-order valence-electron chi connectivity index (χ1n) is 3.88. The number of anilines is 2. The first-order chi connectivity index (χ1) is 6.11. The van der Waals surface area contributed by atoms with Crippen LogP contribution < -0.4 is 16.7 Å². The van der Waals surface area contributed by atoms with E-state index in [1.807, 2.05) is 0 Å². The van der Waals surface area contributed by atoms with Crippen LogP contribution in [0.1, 0.15) is 6.92 Å². The minimum Gasteiger partial charge on any atom is -0.492 e. The number of rotatable bonds is 2. The zero-order valence-electron chi connectivity index (χ0n) is 7.53. The fourth-order valence-electron chi connectivity index (χ4n) is 1.12. The molecule has 4 N–H and O–H groups in total. The van der Waals surface area contributed by atoms with Gasteiger partial charge in [0.05, 0.1) is 0 Å². The van der Waals surface area contributed by atoms with Gasteiger partial charge in [0.1, 0.15) is 11.5 Å². The summed E-state index contributed by atoms with van der Waals surface area (Å²) in [4.78, 5) is 14.5. The van der Waals surface area contributed by atoms with Crippen LogP contribution in [-0.4, -0.2) is 21.7 Å². The number of nitrogens with one attached hydrogen (secondary N) is 1. The van der Waals surface area contributed by atoms with Crippen LogP contribution in [0.15, 0.2) is 4.79 Å². The maximum Gasteiger partial charge on any atom is 0.352 e. The molecule has 1 aromatic heterocycles. The van der Waals surface area contributed by atoms with Crippen LogP contribution in [0.4, 0.5) is 11.5 Å². The molecule has 0 saturated heterocycles. The number of nitrogens with two attached hydrogens (primary N) is 1. The molecule has 0 saturated carbocycles. The minimum atomic E-state index is -0.515. The van der Waals surface area contributed by atoms with Gasteiger partial charge < -0.3 is 16.2 Å². The zero-order valence-corrected chi connectivity index (χ0v) is 7.53. The molecule has 1 aromatic rings. The van der Waals surface area contributed by atoms with E-state index in [1.165, 1.54) is 4.57 Å². The molecule has 0 bridgehead atoms. The predicted octanol–water partition coefficient (Wildman–Crippen LogP) is -0.407. The van der Waals surface area contributed by atoms with Crippen molar-refractivity contribution >= 4 is 11.5 Å². The molecule has 72 valence electrons. The van der Waals surface area contributed by atoms with Crippen molar-refractivity contribution in [3.63, 3.8) is 0 Å². The quantitative estimate of drug-likeness (QED) is 0.581. The second-order valence-electron chi connectivity index (χ2n) is 2.47. The number of aromatic nitrogens is 2. The Labute approximate surface area is 75.0 Å². The molecule has 0 spiro atoms. The maximum atomic E-state index is 11.2. The van der Waals surface area contributed by atoms with Gasteiger partial charge in [0, 0.05) is 13.6 Å². The van der Waals surface area contributed by atoms with E-state index >= 15 is 0 Å². The van der Waals surface area contributed by atoms with E-state index in [4.69, 9.17) is 10.8 Å². The summed E-state index contributed by atoms with van der Waals surface area (Å²) in [5.74, 6) is -0.0425. The van der Waals surface area contributed by atoms with Crippen molar-refractivity contribution in [2.24, 2.45) is 0 Å². The summed E-state index contributed by atoms with van der Waals surface area (Å²) in [5.41, 5.74) is 5.08. The SMILES string of the molecule is CCn1c(NC)c(N)c(O)nc1=O. The number of nitrogen functional groups attached to an aromatic ring is 1. The highest BCUT2D eigenvalue weighted by molar-refractivity contribution is 5.66. The normalized spacial score (nSPS) is 10.0. The fraction of sp³-hybridized carbons (Fsp3) is 0.429. The third-order valence-electron chi connectivity index (χ3n) is 1.75. The Kier molecular flexibility index (Phi) is 2.41. The predicted molar refractivity (Wildman–Crippen MR) is 49.8 cm³/mol. The lowest BCUT2D eigenvalue weighted by atomic mass is 10.4. The standard InChI is InChI=1S/C7H12N4O2/c1-3-11-5(9-2)4(8)6(12)10-7(11)13/h9H,3,8H2,1-2H3,(H,10,12,13). The summed E-state index contributed by atoms with van der Waals surface area (Å²) in [5, 5.41) is 11.9. The monoisotopic (exact) mass is 184 g/mol. The number of hydrogen-bond donors (Lipinski definition) is 3. The maximum absolute atomic E-state index is 11.2. The van der Waals surface area contributed by atoms with Crippen LogP contribution >= 0.6 is 0 Å². The summed E-state index contributed by atoms with van der Waals surface area (Å²) in [6, 6.07) is 0. The van der Waals surface area contributed by atoms with Gasteiger partial charge in [0.25, 0.3) is 0 Å². The summed E-state index contributed by atoms with van der Waals surface area (Å²) in [6.45, 7) is 2.24. The molecule has 1 rings (SSSR count). The van der Waals surface area contributed by atoms with Gasteiger partial charge in [0.2, 0.25) is 5.88 Å². The Bertz CT molecular complexity index is 371. The molecule has 0 aliphatic heterocycles. The van der Waals surface area contributed by atoms with Gasteiger partial charge in [-0.05, 0) is 6.92 Å². The summed E-state index contributed by atoms with van der Waals surface area (Å²) in [7, 11) is 1.62. The van der Waals surface area contributed by atoms with Crippen LogP contribution in [0, 0.1) is 0 Å². The Balaban J connectivity index is 3.51. The molecule has 0 aliphatic rings. The molecule has 6 heteroatoms. The Morgan fingerprint density at radius 3 is 2.77 bits per heavy atom. The number of aromatic hydroxyl groups is 1. The third kappa shape index (κ3) is 1.42. The van der Waals surface area contributed by atoms with E-state index in [1.54, 1.807) is 14.0 Å². The van der Waals surface area contributed by atoms with Crippen LogP contribution in [0.5, 0.6) is 5.88 Å². The lowest BCUT2D eigenvalue weighted by Gasteiger charge is -2.12. The lowest BCUT2D eigenvalue weighted by Crippen LogP contribution is -2.25. The highest BCUT2D eigenvalue weighted by atomic mass is 16.3. The molecule has 6 nitrogen and oxygen atoms in total. The molecular weight excluding hydrogens is 172 g/mol. The minimum absolute atomic E-state index is 0.0870. The highest BCUT2D eigenvalue weighted by Gasteiger charge is 2.11. The largest absolute Gasteiger partial charge is 0.492 e. The molecule has 0 amide bonds. The van der Waals surface area contributed by atoms with Crippen LogP contribution in [-0.2, 0) is 6.54 Å². The van der Waals surface area contributed by atoms with Crippen molar-refractivity contribution in [2.45, 2.75) is 13.5 Å². The molecular formula is C7H12N4O2. The molecule has 0 fully saturated rings. The van der Waals surface area contributed by atoms with Gasteiger partial charge in [-0.2, -0.15) is 4.98 Å². The summed E-state index contributed by atoms with van der Waals surface area (Å²) >= 11 is 0. The lowest BCUT2D eigenvalue weighted by molar-refractivity contribution is 0.448. The molecule has 1 heterocycles. The van der Waals surface area contributed by atoms with Gasteiger partial charge >= 0.3 is 5.69 Å². The highest BCUT2D eigenvalue weighted by Crippen LogP contribution is 2.22. The van der Waals surface area contributed by atoms with Crippen molar-refractivity contribution in [1.29, 1.82) is 0 Å². The Morgan fingerprint density at radius 2 is 2.31 bits per heavy atom. The molecule has 0 aromatic carbocycles. The summed E-state index contributed by atoms with van der Waals surface area (Å²) < 4.78 is 1.34. The van der Waals surface area contributed by atoms with E-state index < -0.39 is 11.6 Å². The van der Waals surface area contributed by atoms with Crippen molar-refractivity contribution in [1.82, 2.24) is 9.55 Å². The van der Waals surface area contributed by atoms with Gasteiger partial charge in [0.15, 0.2) is 0 Å². The van der Waals surface area contributed by atoms with Gasteiger partial charge in [-0.1, -0.05) is 0 Å². The fourth-order valence-corrected chi connectivity index (χ4v) is 1.12. The van der Waals surface area contributed by atoms with E-state index in [9.17, 15) is 4.79 Å². The first-order valence-corrected chi connectivity index (χ1v) is 3.88. The summed E-state index contributed by atoms with van der Waals surface area (Å²) in [6.07, 6.45) is 0. The van der Waals surface area contributed by atoms with E-state index in [0.29, 0.717) is 12.4 Å². The first kappa shape index (κ1) is 9.37. The molecule has 0 atom stereocenters. The molecule has 0 radical (unpaired) electrons. The van der Waals surface area contributed by atoms with Crippen molar-refractivity contribution in [3.8, 4) is 5.88 Å². The second kappa shape index (κ2) is 3.34. The third-order valence-corrected chi connectivity index (χ3v) is 1.75. The van der Waals surface area contributed by atoms with Gasteiger partial charge in [-0.25, -0.2) is 4.79 Å². The molecule has 0 unspecified atom stereocenters. The number of hydrogen-bond acceptors (Lipinski definition) is 5. The van der Waals surface area contributed by atoms with Crippen molar-refractivity contribution in [2.75, 3.05) is 18.1 Å². The van der Waals surface area contributed by atoms with E-state index in [2.05, 4.69) is 10.3 Å². The van der Waals surface area contributed by atoms with Crippen molar-refractivity contribution in [3.05, 3.63) is 10.5 Å².